The van der Waals surface area contributed by atoms with Crippen LogP contribution in [-0.4, -0.2) is 40.1 Å². The van der Waals surface area contributed by atoms with Gasteiger partial charge in [-0.25, -0.2) is 9.97 Å². The van der Waals surface area contributed by atoms with Gasteiger partial charge < -0.3 is 19.2 Å². The van der Waals surface area contributed by atoms with Crippen molar-refractivity contribution in [2.24, 2.45) is 0 Å². The summed E-state index contributed by atoms with van der Waals surface area (Å²) in [5, 5.41) is 2.60. The zero-order valence-corrected chi connectivity index (χ0v) is 18.1. The zero-order chi connectivity index (χ0) is 23.3. The van der Waals surface area contributed by atoms with Gasteiger partial charge in [-0.1, -0.05) is 13.0 Å². The Bertz CT molecular complexity index is 1080. The second kappa shape index (κ2) is 9.99. The number of hydrogen-bond acceptors (Lipinski definition) is 5. The van der Waals surface area contributed by atoms with Gasteiger partial charge in [0.15, 0.2) is 0 Å². The molecule has 0 saturated heterocycles. The summed E-state index contributed by atoms with van der Waals surface area (Å²) in [6.45, 7) is 7.39. The fourth-order valence-corrected chi connectivity index (χ4v) is 3.10. The van der Waals surface area contributed by atoms with Crippen molar-refractivity contribution >= 4 is 17.2 Å². The number of halogens is 3. The van der Waals surface area contributed by atoms with E-state index in [1.807, 2.05) is 20.0 Å². The molecule has 0 radical (unpaired) electrons. The number of nitrogens with one attached hydrogen (secondary N) is 1. The van der Waals surface area contributed by atoms with Crippen LogP contribution in [0.3, 0.4) is 0 Å². The van der Waals surface area contributed by atoms with Crippen molar-refractivity contribution in [3.63, 3.8) is 0 Å². The Balaban J connectivity index is 1.88. The summed E-state index contributed by atoms with van der Waals surface area (Å²) in [7, 11) is 0. The Morgan fingerprint density at radius 1 is 1.19 bits per heavy atom. The first kappa shape index (κ1) is 23.5. The van der Waals surface area contributed by atoms with Crippen LogP contribution in [-0.2, 0) is 10.9 Å². The number of alkyl halides is 3. The Hall–Kier alpha value is -3.14. The van der Waals surface area contributed by atoms with Crippen LogP contribution in [0.1, 0.15) is 55.0 Å². The monoisotopic (exact) mass is 450 g/mol. The summed E-state index contributed by atoms with van der Waals surface area (Å²) in [6, 6.07) is 4.85. The lowest BCUT2D eigenvalue weighted by atomic mass is 10.1. The topological polar surface area (TPSA) is 77.8 Å². The minimum atomic E-state index is -4.64. The number of ether oxygens (including phenoxy) is 2. The molecule has 0 spiro atoms. The summed E-state index contributed by atoms with van der Waals surface area (Å²) < 4.78 is 51.6. The lowest BCUT2D eigenvalue weighted by Crippen LogP contribution is -2.17. The number of rotatable bonds is 9. The zero-order valence-electron chi connectivity index (χ0n) is 18.1. The van der Waals surface area contributed by atoms with Crippen molar-refractivity contribution in [2.75, 3.05) is 25.1 Å². The molecule has 0 aliphatic rings. The van der Waals surface area contributed by atoms with Crippen LogP contribution in [0.15, 0.2) is 36.7 Å². The number of fused-ring (bicyclic) bond motifs is 1. The van der Waals surface area contributed by atoms with Crippen molar-refractivity contribution in [2.45, 2.75) is 39.3 Å². The molecule has 1 atom stereocenters. The molecule has 0 aromatic carbocycles. The number of carbonyl (C=O) groups excluding carboxylic acids is 1. The molecule has 3 aromatic rings. The maximum atomic E-state index is 12.9. The van der Waals surface area contributed by atoms with Crippen molar-refractivity contribution in [1.82, 2.24) is 14.4 Å². The average Bonchev–Trinajstić information content (AvgIpc) is 3.16. The first-order chi connectivity index (χ1) is 15.2. The van der Waals surface area contributed by atoms with Gasteiger partial charge >= 0.3 is 6.18 Å². The predicted molar refractivity (Wildman–Crippen MR) is 113 cm³/mol. The molecule has 0 aliphatic carbocycles. The van der Waals surface area contributed by atoms with Gasteiger partial charge in [0.25, 0.3) is 5.91 Å². The van der Waals surface area contributed by atoms with Gasteiger partial charge in [0.05, 0.1) is 12.3 Å². The molecule has 1 amide bonds. The third-order valence-electron chi connectivity index (χ3n) is 4.80. The van der Waals surface area contributed by atoms with Gasteiger partial charge in [0.2, 0.25) is 0 Å². The smallest absolute Gasteiger partial charge is 0.433 e. The highest BCUT2D eigenvalue weighted by atomic mass is 19.4. The first-order valence-corrected chi connectivity index (χ1v) is 10.3. The van der Waals surface area contributed by atoms with Crippen molar-refractivity contribution in [3.8, 4) is 5.75 Å². The van der Waals surface area contributed by atoms with Crippen LogP contribution < -0.4 is 10.1 Å². The Labute approximate surface area is 183 Å². The molecule has 172 valence electrons. The number of anilines is 1. The quantitative estimate of drug-likeness (QED) is 0.468. The lowest BCUT2D eigenvalue weighted by molar-refractivity contribution is -0.141. The Morgan fingerprint density at radius 2 is 1.97 bits per heavy atom. The maximum Gasteiger partial charge on any atom is 0.433 e. The number of nitrogens with zero attached hydrogens (tertiary/aromatic N) is 3. The van der Waals surface area contributed by atoms with Crippen molar-refractivity contribution in [1.29, 1.82) is 0 Å². The normalized spacial score (nSPS) is 12.7. The Morgan fingerprint density at radius 3 is 2.66 bits per heavy atom. The predicted octanol–water partition coefficient (Wildman–Crippen LogP) is 4.93. The van der Waals surface area contributed by atoms with E-state index >= 15 is 0 Å². The second-order valence-electron chi connectivity index (χ2n) is 7.16. The van der Waals surface area contributed by atoms with E-state index in [9.17, 15) is 18.0 Å². The Kier molecular flexibility index (Phi) is 7.34. The molecular weight excluding hydrogens is 425 g/mol. The van der Waals surface area contributed by atoms with Crippen LogP contribution in [0, 0.1) is 0 Å². The third kappa shape index (κ3) is 5.56. The molecule has 3 heterocycles. The SMILES string of the molecule is CCOCC[C@@H](C)c1cn2cc(NC(=O)c3cccc(C(F)(F)F)n3)c(OCC)cc2n1. The van der Waals surface area contributed by atoms with Crippen molar-refractivity contribution < 1.29 is 27.4 Å². The van der Waals surface area contributed by atoms with Crippen LogP contribution in [0.4, 0.5) is 18.9 Å². The van der Waals surface area contributed by atoms with Gasteiger partial charge in [-0.05, 0) is 32.4 Å². The number of imidazole rings is 1. The van der Waals surface area contributed by atoms with Crippen molar-refractivity contribution in [3.05, 3.63) is 53.7 Å². The lowest BCUT2D eigenvalue weighted by Gasteiger charge is -2.12. The van der Waals surface area contributed by atoms with E-state index in [-0.39, 0.29) is 11.6 Å². The van der Waals surface area contributed by atoms with E-state index in [1.165, 1.54) is 6.07 Å². The highest BCUT2D eigenvalue weighted by Gasteiger charge is 2.33. The van der Waals surface area contributed by atoms with Gasteiger partial charge in [-0.3, -0.25) is 4.79 Å². The molecule has 0 saturated carbocycles. The number of pyridine rings is 2. The van der Waals surface area contributed by atoms with E-state index in [0.717, 1.165) is 24.2 Å². The van der Waals surface area contributed by atoms with Crippen LogP contribution in [0.2, 0.25) is 0 Å². The standard InChI is InChI=1S/C22H25F3N4O3/c1-4-31-10-9-14(3)16-12-29-13-17(18(32-5-2)11-20(29)27-16)28-21(30)15-7-6-8-19(26-15)22(23,24)25/h6-8,11-14H,4-5,9-10H2,1-3H3,(H,28,30)/t14-/m1/s1. The van der Waals surface area contributed by atoms with E-state index < -0.39 is 17.8 Å². The number of amides is 1. The number of hydrogen-bond donors (Lipinski definition) is 1. The highest BCUT2D eigenvalue weighted by molar-refractivity contribution is 6.03. The fraction of sp³-hybridized carbons (Fsp3) is 0.409. The first-order valence-electron chi connectivity index (χ1n) is 10.3. The van der Waals surface area contributed by atoms with Crippen LogP contribution in [0.5, 0.6) is 5.75 Å². The molecule has 0 unspecified atom stereocenters. The van der Waals surface area contributed by atoms with Gasteiger partial charge in [-0.2, -0.15) is 13.2 Å². The van der Waals surface area contributed by atoms with E-state index in [2.05, 4.69) is 15.3 Å². The van der Waals surface area contributed by atoms with E-state index in [1.54, 1.807) is 23.6 Å². The molecule has 0 fully saturated rings. The summed E-state index contributed by atoms with van der Waals surface area (Å²) >= 11 is 0. The van der Waals surface area contributed by atoms with Gasteiger partial charge in [0.1, 0.15) is 28.5 Å². The molecule has 3 aromatic heterocycles. The average molecular weight is 450 g/mol. The van der Waals surface area contributed by atoms with E-state index in [0.29, 0.717) is 36.9 Å². The minimum Gasteiger partial charge on any atom is -0.491 e. The molecule has 0 bridgehead atoms. The van der Waals surface area contributed by atoms with Crippen LogP contribution >= 0.6 is 0 Å². The molecule has 1 N–H and O–H groups in total. The molecule has 32 heavy (non-hydrogen) atoms. The summed E-state index contributed by atoms with van der Waals surface area (Å²) in [6.07, 6.45) is -0.365. The maximum absolute atomic E-state index is 12.9. The van der Waals surface area contributed by atoms with Gasteiger partial charge in [-0.15, -0.1) is 0 Å². The molecule has 3 rings (SSSR count). The molecule has 10 heteroatoms. The number of carbonyl (C=O) groups is 1. The van der Waals surface area contributed by atoms with E-state index in [4.69, 9.17) is 9.47 Å². The highest BCUT2D eigenvalue weighted by Crippen LogP contribution is 2.30. The fourth-order valence-electron chi connectivity index (χ4n) is 3.10. The molecular formula is C22H25F3N4O3. The third-order valence-corrected chi connectivity index (χ3v) is 4.80. The van der Waals surface area contributed by atoms with Crippen LogP contribution in [0.25, 0.3) is 5.65 Å². The minimum absolute atomic E-state index is 0.157. The number of aromatic nitrogens is 3. The summed E-state index contributed by atoms with van der Waals surface area (Å²) in [4.78, 5) is 20.7. The second-order valence-corrected chi connectivity index (χ2v) is 7.16. The summed E-state index contributed by atoms with van der Waals surface area (Å²) in [5.41, 5.74) is 0.302. The summed E-state index contributed by atoms with van der Waals surface area (Å²) in [5.74, 6) is -0.259. The van der Waals surface area contributed by atoms with Gasteiger partial charge in [0, 0.05) is 37.6 Å². The molecule has 0 aliphatic heterocycles. The largest absolute Gasteiger partial charge is 0.491 e. The molecule has 7 nitrogen and oxygen atoms in total.